The van der Waals surface area contributed by atoms with Gasteiger partial charge >= 0.3 is 30.3 Å². The minimum absolute atomic E-state index is 0.310. The van der Waals surface area contributed by atoms with Gasteiger partial charge in [-0.05, 0) is 35.9 Å². The van der Waals surface area contributed by atoms with E-state index in [-0.39, 0.29) is 0 Å². The normalized spacial score (nSPS) is 17.7. The van der Waals surface area contributed by atoms with Gasteiger partial charge in [-0.1, -0.05) is 0 Å². The second kappa shape index (κ2) is 13.0. The lowest BCUT2D eigenvalue weighted by Crippen LogP contribution is -2.37. The zero-order valence-electron chi connectivity index (χ0n) is 19.4. The van der Waals surface area contributed by atoms with Crippen LogP contribution in [-0.2, 0) is 27.2 Å². The molecule has 0 radical (unpaired) electrons. The number of aromatic nitrogens is 1. The average molecular weight is 572 g/mol. The second-order valence-electron chi connectivity index (χ2n) is 7.97. The van der Waals surface area contributed by atoms with Crippen molar-refractivity contribution in [2.45, 2.75) is 37.7 Å². The first-order chi connectivity index (χ1) is 17.6. The number of thiophene rings is 1. The number of carboxylic acids is 3. The third kappa shape index (κ3) is 8.95. The number of carbonyl (C=O) groups is 3. The number of nitrogens with zero attached hydrogens (tertiary/aromatic N) is 2. The van der Waals surface area contributed by atoms with E-state index in [1.807, 2.05) is 22.9 Å². The highest BCUT2D eigenvalue weighted by Crippen LogP contribution is 2.28. The number of hydrogen-bond acceptors (Lipinski definition) is 7. The Morgan fingerprint density at radius 1 is 1.00 bits per heavy atom. The molecule has 0 bridgehead atoms. The van der Waals surface area contributed by atoms with Crippen LogP contribution in [0, 0.1) is 0 Å². The summed E-state index contributed by atoms with van der Waals surface area (Å²) >= 11 is 1.56. The topological polar surface area (TPSA) is 137 Å². The third-order valence-corrected chi connectivity index (χ3v) is 6.11. The fourth-order valence-electron chi connectivity index (χ4n) is 3.61. The fourth-order valence-corrected chi connectivity index (χ4v) is 4.25. The number of pyridine rings is 1. The van der Waals surface area contributed by atoms with Crippen LogP contribution in [0.5, 0.6) is 0 Å². The van der Waals surface area contributed by atoms with Crippen LogP contribution in [0.2, 0.25) is 0 Å². The van der Waals surface area contributed by atoms with Crippen LogP contribution >= 0.6 is 11.3 Å². The SMILES string of the molecule is O=C(O)C(F)(F)F.O=C(O)C(F)(F)F.O=C(O)c1cc2c(nc1-c1ccsc1)CCN(C1CCOC1)CC2. The molecule has 0 spiro atoms. The maximum Gasteiger partial charge on any atom is 0.490 e. The Morgan fingerprint density at radius 3 is 2.03 bits per heavy atom. The van der Waals surface area contributed by atoms with Crippen molar-refractivity contribution in [1.82, 2.24) is 9.88 Å². The van der Waals surface area contributed by atoms with Crippen molar-refractivity contribution in [3.8, 4) is 11.3 Å². The van der Waals surface area contributed by atoms with Gasteiger partial charge in [0.2, 0.25) is 0 Å². The number of alkyl halides is 6. The molecule has 1 unspecified atom stereocenters. The number of aliphatic carboxylic acids is 2. The Labute approximate surface area is 215 Å². The monoisotopic (exact) mass is 572 g/mol. The maximum atomic E-state index is 11.7. The molecule has 4 rings (SSSR count). The van der Waals surface area contributed by atoms with Gasteiger partial charge in [-0.25, -0.2) is 14.4 Å². The molecule has 0 aliphatic carbocycles. The Kier molecular flexibility index (Phi) is 10.6. The lowest BCUT2D eigenvalue weighted by atomic mass is 10.0. The smallest absolute Gasteiger partial charge is 0.478 e. The number of fused-ring (bicyclic) bond motifs is 1. The Balaban J connectivity index is 0.000000301. The van der Waals surface area contributed by atoms with E-state index in [2.05, 4.69) is 4.90 Å². The summed E-state index contributed by atoms with van der Waals surface area (Å²) in [6, 6.07) is 4.27. The van der Waals surface area contributed by atoms with Gasteiger partial charge in [-0.2, -0.15) is 37.7 Å². The molecule has 0 aromatic carbocycles. The van der Waals surface area contributed by atoms with Gasteiger partial charge in [0.1, 0.15) is 0 Å². The molecule has 2 aliphatic rings. The predicted octanol–water partition coefficient (Wildman–Crippen LogP) is 3.96. The molecule has 16 heteroatoms. The predicted molar refractivity (Wildman–Crippen MR) is 120 cm³/mol. The summed E-state index contributed by atoms with van der Waals surface area (Å²) in [6.45, 7) is 3.56. The van der Waals surface area contributed by atoms with E-state index < -0.39 is 30.3 Å². The van der Waals surface area contributed by atoms with Gasteiger partial charge in [0, 0.05) is 48.8 Å². The molecule has 210 valence electrons. The number of aromatic carboxylic acids is 1. The summed E-state index contributed by atoms with van der Waals surface area (Å²) in [5, 5.41) is 27.8. The standard InChI is InChI=1S/C18H20N2O3S.2C2HF3O2/c21-18(22)15-9-12-1-5-20(14-3-7-23-10-14)6-2-16(12)19-17(15)13-4-8-24-11-13;2*3-2(4,5)1(6)7/h4,8-9,11,14H,1-3,5-7,10H2,(H,21,22);2*(H,6,7). The highest BCUT2D eigenvalue weighted by Gasteiger charge is 2.39. The Hall–Kier alpha value is -3.24. The Bertz CT molecular complexity index is 1090. The lowest BCUT2D eigenvalue weighted by Gasteiger charge is -2.25. The van der Waals surface area contributed by atoms with Gasteiger partial charge < -0.3 is 20.1 Å². The zero-order chi connectivity index (χ0) is 28.7. The molecule has 9 nitrogen and oxygen atoms in total. The first kappa shape index (κ1) is 31.0. The van der Waals surface area contributed by atoms with Crippen molar-refractivity contribution < 1.29 is 60.8 Å². The van der Waals surface area contributed by atoms with Gasteiger partial charge in [0.15, 0.2) is 0 Å². The van der Waals surface area contributed by atoms with Crippen molar-refractivity contribution in [1.29, 1.82) is 0 Å². The van der Waals surface area contributed by atoms with E-state index in [0.29, 0.717) is 17.3 Å². The van der Waals surface area contributed by atoms with Gasteiger partial charge in [0.05, 0.1) is 17.9 Å². The molecule has 1 saturated heterocycles. The van der Waals surface area contributed by atoms with E-state index in [4.69, 9.17) is 29.5 Å². The molecular weight excluding hydrogens is 550 g/mol. The van der Waals surface area contributed by atoms with Gasteiger partial charge in [-0.15, -0.1) is 0 Å². The van der Waals surface area contributed by atoms with Crippen LogP contribution < -0.4 is 0 Å². The molecule has 0 saturated carbocycles. The second-order valence-corrected chi connectivity index (χ2v) is 8.75. The van der Waals surface area contributed by atoms with Gasteiger partial charge in [0.25, 0.3) is 0 Å². The Morgan fingerprint density at radius 2 is 1.58 bits per heavy atom. The van der Waals surface area contributed by atoms with Crippen LogP contribution in [-0.4, -0.2) is 87.8 Å². The van der Waals surface area contributed by atoms with Crippen molar-refractivity contribution in [2.75, 3.05) is 26.3 Å². The summed E-state index contributed by atoms with van der Waals surface area (Å²) in [5.74, 6) is -6.42. The third-order valence-electron chi connectivity index (χ3n) is 5.43. The maximum absolute atomic E-state index is 11.7. The zero-order valence-corrected chi connectivity index (χ0v) is 20.2. The first-order valence-corrected chi connectivity index (χ1v) is 11.8. The summed E-state index contributed by atoms with van der Waals surface area (Å²) < 4.78 is 69.0. The molecular formula is C22H22F6N2O7S. The molecule has 3 N–H and O–H groups in total. The highest BCUT2D eigenvalue weighted by atomic mass is 32.1. The van der Waals surface area contributed by atoms with E-state index in [1.165, 1.54) is 0 Å². The number of rotatable bonds is 3. The lowest BCUT2D eigenvalue weighted by molar-refractivity contribution is -0.193. The van der Waals surface area contributed by atoms with E-state index >= 15 is 0 Å². The van der Waals surface area contributed by atoms with E-state index in [9.17, 15) is 36.2 Å². The minimum atomic E-state index is -5.08. The van der Waals surface area contributed by atoms with Crippen molar-refractivity contribution >= 4 is 29.2 Å². The van der Waals surface area contributed by atoms with Gasteiger partial charge in [-0.3, -0.25) is 9.88 Å². The van der Waals surface area contributed by atoms with E-state index in [1.54, 1.807) is 11.3 Å². The van der Waals surface area contributed by atoms with Crippen molar-refractivity contribution in [3.05, 3.63) is 39.7 Å². The van der Waals surface area contributed by atoms with Crippen molar-refractivity contribution in [2.24, 2.45) is 0 Å². The molecule has 4 heterocycles. The van der Waals surface area contributed by atoms with E-state index in [0.717, 1.165) is 62.4 Å². The van der Waals surface area contributed by atoms with Crippen molar-refractivity contribution in [3.63, 3.8) is 0 Å². The first-order valence-electron chi connectivity index (χ1n) is 10.8. The molecule has 0 amide bonds. The molecule has 1 atom stereocenters. The number of halogens is 6. The molecule has 2 aliphatic heterocycles. The van der Waals surface area contributed by atoms with Crippen LogP contribution in [0.15, 0.2) is 22.9 Å². The molecule has 38 heavy (non-hydrogen) atoms. The highest BCUT2D eigenvalue weighted by molar-refractivity contribution is 7.08. The quantitative estimate of drug-likeness (QED) is 0.467. The molecule has 2 aromatic heterocycles. The molecule has 1 fully saturated rings. The number of carboxylic acid groups (broad SMARTS) is 3. The molecule has 2 aromatic rings. The number of ether oxygens (including phenoxy) is 1. The average Bonchev–Trinajstić information content (AvgIpc) is 3.50. The van der Waals surface area contributed by atoms with Crippen LogP contribution in [0.4, 0.5) is 26.3 Å². The summed E-state index contributed by atoms with van der Waals surface area (Å²) in [6.07, 6.45) is -7.36. The summed E-state index contributed by atoms with van der Waals surface area (Å²) in [7, 11) is 0. The summed E-state index contributed by atoms with van der Waals surface area (Å²) in [4.78, 5) is 36.7. The van der Waals surface area contributed by atoms with Crippen LogP contribution in [0.25, 0.3) is 11.3 Å². The van der Waals surface area contributed by atoms with Crippen LogP contribution in [0.1, 0.15) is 28.0 Å². The van der Waals surface area contributed by atoms with Crippen LogP contribution in [0.3, 0.4) is 0 Å². The largest absolute Gasteiger partial charge is 0.490 e. The number of hydrogen-bond donors (Lipinski definition) is 3. The minimum Gasteiger partial charge on any atom is -0.478 e. The summed E-state index contributed by atoms with van der Waals surface area (Å²) in [5.41, 5.74) is 3.92. The fraction of sp³-hybridized carbons (Fsp3) is 0.455.